The van der Waals surface area contributed by atoms with E-state index in [1.165, 1.54) is 5.56 Å². The lowest BCUT2D eigenvalue weighted by molar-refractivity contribution is -0.0712. The second kappa shape index (κ2) is 16.5. The number of hydrogen-bond acceptors (Lipinski definition) is 8. The van der Waals surface area contributed by atoms with Crippen LogP contribution in [0.2, 0.25) is 0 Å². The van der Waals surface area contributed by atoms with Gasteiger partial charge in [-0.1, -0.05) is 46.1 Å². The van der Waals surface area contributed by atoms with Gasteiger partial charge in [0.15, 0.2) is 17.5 Å². The number of nitrogens with zero attached hydrogens (tertiary/aromatic N) is 1. The summed E-state index contributed by atoms with van der Waals surface area (Å²) in [5.74, 6) is 3.28. The summed E-state index contributed by atoms with van der Waals surface area (Å²) in [5, 5.41) is 44.5. The molecule has 3 aromatic carbocycles. The molecule has 7 rings (SSSR count). The van der Waals surface area contributed by atoms with Gasteiger partial charge >= 0.3 is 0 Å². The molecule has 55 heavy (non-hydrogen) atoms. The number of methoxy groups -OCH3 is 1. The first-order valence-electron chi connectivity index (χ1n) is 20.6. The van der Waals surface area contributed by atoms with Crippen LogP contribution in [0.4, 0.5) is 0 Å². The zero-order valence-corrected chi connectivity index (χ0v) is 33.0. The van der Waals surface area contributed by atoms with Crippen molar-refractivity contribution < 1.29 is 34.6 Å². The molecule has 0 spiro atoms. The highest BCUT2D eigenvalue weighted by atomic mass is 16.5. The zero-order chi connectivity index (χ0) is 39.0. The van der Waals surface area contributed by atoms with Gasteiger partial charge in [-0.05, 0) is 127 Å². The number of guanidine groups is 1. The van der Waals surface area contributed by atoms with Gasteiger partial charge in [-0.15, -0.1) is 0 Å². The maximum atomic E-state index is 11.9. The molecule has 1 heterocycles. The molecule has 1 aliphatic heterocycles. The van der Waals surface area contributed by atoms with Crippen LogP contribution in [-0.4, -0.2) is 58.9 Å². The third-order valence-corrected chi connectivity index (χ3v) is 12.9. The average Bonchev–Trinajstić information content (AvgIpc) is 3.15. The Morgan fingerprint density at radius 1 is 0.964 bits per heavy atom. The molecular formula is C45H61N3O7. The van der Waals surface area contributed by atoms with Gasteiger partial charge in [-0.25, -0.2) is 0 Å². The molecule has 3 aromatic rings. The fraction of sp³-hybridized carbons (Fsp3) is 0.578. The molecule has 0 aromatic heterocycles. The van der Waals surface area contributed by atoms with Crippen LogP contribution in [0.5, 0.6) is 28.7 Å². The SMILES string of the molecule is CCCCC[C@H]1Cc2cc(O)c(CC(C)C)cc2-c2c(OC)cc3c(c21)C[C@@H](O)[C@H](c1ccc(O)c(O[C@H]2[C@@H]4CC[C@H](CN=C(N)N)[C@H]2[C@@H](CO)CC4)c1)O3. The van der Waals surface area contributed by atoms with Gasteiger partial charge in [-0.3, -0.25) is 4.99 Å². The number of rotatable bonds is 13. The van der Waals surface area contributed by atoms with Gasteiger partial charge in [0, 0.05) is 42.7 Å². The summed E-state index contributed by atoms with van der Waals surface area (Å²) in [6.45, 7) is 7.07. The van der Waals surface area contributed by atoms with Crippen molar-refractivity contribution >= 4 is 5.96 Å². The zero-order valence-electron chi connectivity index (χ0n) is 33.0. The number of phenolic OH excluding ortho intramolecular Hbond substituents is 2. The van der Waals surface area contributed by atoms with Crippen molar-refractivity contribution in [1.29, 1.82) is 0 Å². The van der Waals surface area contributed by atoms with E-state index in [2.05, 4.69) is 31.8 Å². The fourth-order valence-electron chi connectivity index (χ4n) is 10.4. The van der Waals surface area contributed by atoms with Gasteiger partial charge in [0.2, 0.25) is 0 Å². The number of ether oxygens (including phenoxy) is 3. The summed E-state index contributed by atoms with van der Waals surface area (Å²) in [7, 11) is 1.69. The van der Waals surface area contributed by atoms with Gasteiger partial charge in [-0.2, -0.15) is 0 Å². The molecule has 298 valence electrons. The number of unbranched alkanes of at least 4 members (excludes halogenated alkanes) is 2. The quantitative estimate of drug-likeness (QED) is 0.0595. The topological polar surface area (TPSA) is 173 Å². The Morgan fingerprint density at radius 2 is 1.75 bits per heavy atom. The summed E-state index contributed by atoms with van der Waals surface area (Å²) in [6, 6.07) is 11.3. The van der Waals surface area contributed by atoms with E-state index in [4.69, 9.17) is 25.7 Å². The Kier molecular flexibility index (Phi) is 11.7. The second-order valence-corrected chi connectivity index (χ2v) is 17.1. The molecule has 8 N–H and O–H groups in total. The number of aliphatic hydroxyl groups is 2. The van der Waals surface area contributed by atoms with Crippen LogP contribution < -0.4 is 25.7 Å². The normalized spacial score (nSPS) is 26.7. The van der Waals surface area contributed by atoms with Crippen molar-refractivity contribution in [1.82, 2.24) is 0 Å². The highest BCUT2D eigenvalue weighted by molar-refractivity contribution is 5.83. The molecule has 0 saturated heterocycles. The van der Waals surface area contributed by atoms with E-state index >= 15 is 0 Å². The Morgan fingerprint density at radius 3 is 2.45 bits per heavy atom. The molecule has 2 bridgehead atoms. The summed E-state index contributed by atoms with van der Waals surface area (Å²) in [4.78, 5) is 4.34. The number of aromatic hydroxyl groups is 2. The van der Waals surface area contributed by atoms with Crippen molar-refractivity contribution in [2.24, 2.45) is 46.0 Å². The minimum Gasteiger partial charge on any atom is -0.508 e. The summed E-state index contributed by atoms with van der Waals surface area (Å²) >= 11 is 0. The lowest BCUT2D eigenvalue weighted by atomic mass is 9.60. The number of aliphatic hydroxyl groups excluding tert-OH is 2. The Balaban J connectivity index is 1.23. The first-order valence-corrected chi connectivity index (χ1v) is 20.6. The van der Waals surface area contributed by atoms with E-state index in [0.29, 0.717) is 41.7 Å². The Labute approximate surface area is 325 Å². The van der Waals surface area contributed by atoms with Gasteiger partial charge in [0.1, 0.15) is 29.5 Å². The van der Waals surface area contributed by atoms with Crippen LogP contribution in [0.15, 0.2) is 41.4 Å². The number of nitrogens with two attached hydrogens (primary N) is 2. The monoisotopic (exact) mass is 755 g/mol. The fourth-order valence-corrected chi connectivity index (χ4v) is 10.4. The Bertz CT molecular complexity index is 1870. The van der Waals surface area contributed by atoms with Crippen molar-refractivity contribution in [3.05, 3.63) is 64.2 Å². The predicted molar refractivity (Wildman–Crippen MR) is 215 cm³/mol. The van der Waals surface area contributed by atoms with E-state index in [-0.39, 0.29) is 54.0 Å². The van der Waals surface area contributed by atoms with Crippen molar-refractivity contribution in [2.45, 2.75) is 116 Å². The summed E-state index contributed by atoms with van der Waals surface area (Å²) < 4.78 is 19.7. The summed E-state index contributed by atoms with van der Waals surface area (Å²) in [6.07, 6.45) is 8.29. The van der Waals surface area contributed by atoms with Crippen LogP contribution in [0, 0.1) is 29.6 Å². The smallest absolute Gasteiger partial charge is 0.185 e. The van der Waals surface area contributed by atoms with Crippen molar-refractivity contribution in [3.8, 4) is 39.9 Å². The average molecular weight is 756 g/mol. The largest absolute Gasteiger partial charge is 0.508 e. The maximum Gasteiger partial charge on any atom is 0.185 e. The number of aliphatic imine (C=N–C) groups is 1. The maximum absolute atomic E-state index is 11.9. The molecule has 2 fully saturated rings. The van der Waals surface area contributed by atoms with Gasteiger partial charge in [0.25, 0.3) is 0 Å². The minimum atomic E-state index is -0.854. The van der Waals surface area contributed by atoms with Crippen LogP contribution in [0.1, 0.15) is 112 Å². The molecule has 2 saturated carbocycles. The lowest BCUT2D eigenvalue weighted by Crippen LogP contribution is -2.51. The third-order valence-electron chi connectivity index (χ3n) is 12.9. The summed E-state index contributed by atoms with van der Waals surface area (Å²) in [5.41, 5.74) is 18.5. The molecule has 10 nitrogen and oxygen atoms in total. The van der Waals surface area contributed by atoms with Gasteiger partial charge in [0.05, 0.1) is 13.2 Å². The van der Waals surface area contributed by atoms with E-state index in [9.17, 15) is 20.4 Å². The lowest BCUT2D eigenvalue weighted by Gasteiger charge is -2.49. The number of fused-ring (bicyclic) bond motifs is 7. The number of benzene rings is 3. The van der Waals surface area contributed by atoms with Crippen LogP contribution in [0.3, 0.4) is 0 Å². The highest BCUT2D eigenvalue weighted by Gasteiger charge is 2.48. The van der Waals surface area contributed by atoms with E-state index in [0.717, 1.165) is 97.8 Å². The minimum absolute atomic E-state index is 0.0200. The number of hydrogen-bond donors (Lipinski definition) is 6. The first-order chi connectivity index (χ1) is 26.5. The molecule has 0 radical (unpaired) electrons. The van der Waals surface area contributed by atoms with Crippen molar-refractivity contribution in [2.75, 3.05) is 20.3 Å². The molecule has 0 unspecified atom stereocenters. The van der Waals surface area contributed by atoms with E-state index < -0.39 is 12.2 Å². The van der Waals surface area contributed by atoms with Crippen LogP contribution >= 0.6 is 0 Å². The van der Waals surface area contributed by atoms with E-state index in [1.54, 1.807) is 25.3 Å². The first kappa shape index (κ1) is 39.1. The third kappa shape index (κ3) is 7.82. The molecule has 4 aliphatic rings. The molecular weight excluding hydrogens is 695 g/mol. The highest BCUT2D eigenvalue weighted by Crippen LogP contribution is 2.54. The van der Waals surface area contributed by atoms with Crippen molar-refractivity contribution in [3.63, 3.8) is 0 Å². The molecule has 0 amide bonds. The van der Waals surface area contributed by atoms with Crippen LogP contribution in [-0.2, 0) is 19.3 Å². The molecule has 10 heteroatoms. The standard InChI is InChI=1S/C45H61N3O7/c1-5-6-7-8-26-16-30-18-35(51)31(15-24(2)3)17-32(30)42-39(53-4)21-37-33(41(26)42)20-36(52)43(54-37)27-13-14-34(50)38(19-27)55-44-25-9-11-28(22-48-45(46)47)40(44)29(23-49)12-10-25/h13-14,17-19,21,24-26,28-29,36,40,43-44,49-52H,5-12,15-16,20,22-23H2,1-4H3,(H4,46,47,48)/t25-,26+,28-,29-,36-,40+,43+,44+/m1/s1. The van der Waals surface area contributed by atoms with Crippen LogP contribution in [0.25, 0.3) is 11.1 Å². The Hall–Kier alpha value is -4.15. The molecule has 8 atom stereocenters. The number of phenols is 2. The predicted octanol–water partition coefficient (Wildman–Crippen LogP) is 7.29. The van der Waals surface area contributed by atoms with Gasteiger partial charge < -0.3 is 46.1 Å². The van der Waals surface area contributed by atoms with E-state index in [1.807, 2.05) is 12.1 Å². The molecule has 3 aliphatic carbocycles. The second-order valence-electron chi connectivity index (χ2n) is 17.1.